The third-order valence-electron chi connectivity index (χ3n) is 3.09. The van der Waals surface area contributed by atoms with Gasteiger partial charge in [0.05, 0.1) is 0 Å². The van der Waals surface area contributed by atoms with Crippen LogP contribution >= 0.6 is 11.6 Å². The maximum absolute atomic E-state index is 11.7. The summed E-state index contributed by atoms with van der Waals surface area (Å²) in [6.45, 7) is 1.92. The van der Waals surface area contributed by atoms with Gasteiger partial charge in [0.1, 0.15) is 5.69 Å². The summed E-state index contributed by atoms with van der Waals surface area (Å²) < 4.78 is 0. The number of rotatable bonds is 4. The molecule has 0 fully saturated rings. The number of carbonyl (C=O) groups is 2. The van der Waals surface area contributed by atoms with Gasteiger partial charge in [0, 0.05) is 17.6 Å². The highest BCUT2D eigenvalue weighted by molar-refractivity contribution is 6.31. The molecule has 5 nitrogen and oxygen atoms in total. The van der Waals surface area contributed by atoms with Gasteiger partial charge in [-0.3, -0.25) is 25.4 Å². The quantitative estimate of drug-likeness (QED) is 0.851. The second kappa shape index (κ2) is 7.56. The van der Waals surface area contributed by atoms with E-state index >= 15 is 0 Å². The second-order valence-corrected chi connectivity index (χ2v) is 5.21. The van der Waals surface area contributed by atoms with Gasteiger partial charge in [-0.15, -0.1) is 0 Å². The molecule has 0 aliphatic rings. The first-order chi connectivity index (χ1) is 10.6. The van der Waals surface area contributed by atoms with Crippen molar-refractivity contribution in [1.82, 2.24) is 15.8 Å². The molecule has 0 bridgehead atoms. The fourth-order valence-corrected chi connectivity index (χ4v) is 2.00. The fourth-order valence-electron chi connectivity index (χ4n) is 1.80. The normalized spacial score (nSPS) is 10.1. The van der Waals surface area contributed by atoms with Crippen LogP contribution in [0.15, 0.2) is 42.6 Å². The van der Waals surface area contributed by atoms with Crippen LogP contribution in [0.5, 0.6) is 0 Å². The van der Waals surface area contributed by atoms with Crippen molar-refractivity contribution in [2.45, 2.75) is 19.8 Å². The monoisotopic (exact) mass is 317 g/mol. The molecule has 22 heavy (non-hydrogen) atoms. The Morgan fingerprint density at radius 3 is 2.68 bits per heavy atom. The Balaban J connectivity index is 1.78. The molecule has 0 radical (unpaired) electrons. The van der Waals surface area contributed by atoms with Gasteiger partial charge in [0.2, 0.25) is 5.91 Å². The summed E-state index contributed by atoms with van der Waals surface area (Å²) in [6, 6.07) is 10.7. The van der Waals surface area contributed by atoms with Crippen molar-refractivity contribution in [2.75, 3.05) is 0 Å². The van der Waals surface area contributed by atoms with Crippen molar-refractivity contribution in [3.8, 4) is 0 Å². The summed E-state index contributed by atoms with van der Waals surface area (Å²) in [5.74, 6) is -0.728. The maximum Gasteiger partial charge on any atom is 0.288 e. The molecule has 2 amide bonds. The number of nitrogens with zero attached hydrogens (tertiary/aromatic N) is 1. The lowest BCUT2D eigenvalue weighted by Crippen LogP contribution is -2.42. The summed E-state index contributed by atoms with van der Waals surface area (Å²) in [5, 5.41) is 0.682. The van der Waals surface area contributed by atoms with E-state index in [1.165, 1.54) is 6.20 Å². The Bertz CT molecular complexity index is 674. The zero-order valence-corrected chi connectivity index (χ0v) is 12.9. The van der Waals surface area contributed by atoms with Crippen LogP contribution in [0.25, 0.3) is 0 Å². The summed E-state index contributed by atoms with van der Waals surface area (Å²) in [5.41, 5.74) is 6.91. The first-order valence-corrected chi connectivity index (χ1v) is 7.19. The molecule has 0 spiro atoms. The SMILES string of the molecule is Cc1ccc(CCC(=O)NNC(=O)c2ccccn2)cc1Cl. The van der Waals surface area contributed by atoms with E-state index in [0.717, 1.165) is 11.1 Å². The van der Waals surface area contributed by atoms with Crippen molar-refractivity contribution >= 4 is 23.4 Å². The number of aryl methyl sites for hydroxylation is 2. The van der Waals surface area contributed by atoms with Crippen LogP contribution in [0.2, 0.25) is 5.02 Å². The lowest BCUT2D eigenvalue weighted by atomic mass is 10.1. The number of carbonyl (C=O) groups excluding carboxylic acids is 2. The average molecular weight is 318 g/mol. The van der Waals surface area contributed by atoms with E-state index in [2.05, 4.69) is 15.8 Å². The summed E-state index contributed by atoms with van der Waals surface area (Å²) in [4.78, 5) is 27.3. The van der Waals surface area contributed by atoms with Gasteiger partial charge in [-0.1, -0.05) is 29.8 Å². The zero-order valence-electron chi connectivity index (χ0n) is 12.1. The Labute approximate surface area is 133 Å². The standard InChI is InChI=1S/C16H16ClN3O2/c1-11-5-6-12(10-13(11)17)7-8-15(21)19-20-16(22)14-4-2-3-9-18-14/h2-6,9-10H,7-8H2,1H3,(H,19,21)(H,20,22). The molecule has 2 N–H and O–H groups in total. The third kappa shape index (κ3) is 4.56. The number of hydrazine groups is 1. The highest BCUT2D eigenvalue weighted by atomic mass is 35.5. The van der Waals surface area contributed by atoms with Gasteiger partial charge in [-0.25, -0.2) is 0 Å². The summed E-state index contributed by atoms with van der Waals surface area (Å²) in [6.07, 6.45) is 2.31. The highest BCUT2D eigenvalue weighted by Gasteiger charge is 2.08. The molecule has 1 aromatic carbocycles. The average Bonchev–Trinajstić information content (AvgIpc) is 2.54. The van der Waals surface area contributed by atoms with E-state index in [1.54, 1.807) is 18.2 Å². The van der Waals surface area contributed by atoms with Gasteiger partial charge >= 0.3 is 0 Å². The maximum atomic E-state index is 11.7. The number of amides is 2. The zero-order chi connectivity index (χ0) is 15.9. The van der Waals surface area contributed by atoms with Crippen molar-refractivity contribution in [2.24, 2.45) is 0 Å². The fraction of sp³-hybridized carbons (Fsp3) is 0.188. The van der Waals surface area contributed by atoms with Crippen LogP contribution in [0, 0.1) is 6.92 Å². The van der Waals surface area contributed by atoms with Crippen molar-refractivity contribution in [3.63, 3.8) is 0 Å². The Morgan fingerprint density at radius 1 is 1.18 bits per heavy atom. The first kappa shape index (κ1) is 16.0. The summed E-state index contributed by atoms with van der Waals surface area (Å²) >= 11 is 6.04. The van der Waals surface area contributed by atoms with E-state index in [9.17, 15) is 9.59 Å². The lowest BCUT2D eigenvalue weighted by molar-refractivity contribution is -0.121. The lowest BCUT2D eigenvalue weighted by Gasteiger charge is -2.07. The Kier molecular flexibility index (Phi) is 5.49. The van der Waals surface area contributed by atoms with Gasteiger partial charge < -0.3 is 0 Å². The number of nitrogens with one attached hydrogen (secondary N) is 2. The predicted molar refractivity (Wildman–Crippen MR) is 84.4 cm³/mol. The Hall–Kier alpha value is -2.40. The molecule has 0 atom stereocenters. The molecule has 0 aliphatic carbocycles. The topological polar surface area (TPSA) is 71.1 Å². The van der Waals surface area contributed by atoms with Gasteiger partial charge in [0.15, 0.2) is 0 Å². The van der Waals surface area contributed by atoms with Crippen LogP contribution in [-0.4, -0.2) is 16.8 Å². The van der Waals surface area contributed by atoms with Crippen LogP contribution in [0.3, 0.4) is 0 Å². The van der Waals surface area contributed by atoms with Crippen LogP contribution in [0.4, 0.5) is 0 Å². The molecule has 1 aromatic heterocycles. The molecule has 0 aliphatic heterocycles. The smallest absolute Gasteiger partial charge is 0.273 e. The van der Waals surface area contributed by atoms with Crippen molar-refractivity contribution in [3.05, 3.63) is 64.4 Å². The molecule has 0 saturated carbocycles. The van der Waals surface area contributed by atoms with E-state index in [-0.39, 0.29) is 18.0 Å². The van der Waals surface area contributed by atoms with E-state index in [4.69, 9.17) is 11.6 Å². The van der Waals surface area contributed by atoms with Crippen molar-refractivity contribution in [1.29, 1.82) is 0 Å². The number of halogens is 1. The van der Waals surface area contributed by atoms with Crippen LogP contribution < -0.4 is 10.9 Å². The largest absolute Gasteiger partial charge is 0.288 e. The van der Waals surface area contributed by atoms with Gasteiger partial charge in [-0.2, -0.15) is 0 Å². The predicted octanol–water partition coefficient (Wildman–Crippen LogP) is 2.44. The first-order valence-electron chi connectivity index (χ1n) is 6.81. The minimum Gasteiger partial charge on any atom is -0.273 e. The molecule has 0 saturated heterocycles. The van der Waals surface area contributed by atoms with Crippen LogP contribution in [0.1, 0.15) is 28.0 Å². The number of pyridine rings is 1. The number of aromatic nitrogens is 1. The molecular weight excluding hydrogens is 302 g/mol. The molecule has 0 unspecified atom stereocenters. The highest BCUT2D eigenvalue weighted by Crippen LogP contribution is 2.17. The minimum atomic E-state index is -0.452. The van der Waals surface area contributed by atoms with Gasteiger partial charge in [-0.05, 0) is 42.7 Å². The number of hydrogen-bond acceptors (Lipinski definition) is 3. The molecule has 1 heterocycles. The minimum absolute atomic E-state index is 0.244. The number of hydrogen-bond donors (Lipinski definition) is 2. The number of benzene rings is 1. The van der Waals surface area contributed by atoms with Crippen LogP contribution in [-0.2, 0) is 11.2 Å². The molecule has 6 heteroatoms. The van der Waals surface area contributed by atoms with E-state index < -0.39 is 5.91 Å². The van der Waals surface area contributed by atoms with Crippen molar-refractivity contribution < 1.29 is 9.59 Å². The van der Waals surface area contributed by atoms with E-state index in [1.807, 2.05) is 25.1 Å². The molecular formula is C16H16ClN3O2. The third-order valence-corrected chi connectivity index (χ3v) is 3.50. The van der Waals surface area contributed by atoms with Gasteiger partial charge in [0.25, 0.3) is 5.91 Å². The summed E-state index contributed by atoms with van der Waals surface area (Å²) in [7, 11) is 0. The van der Waals surface area contributed by atoms with E-state index in [0.29, 0.717) is 11.4 Å². The Morgan fingerprint density at radius 2 is 2.00 bits per heavy atom. The second-order valence-electron chi connectivity index (χ2n) is 4.80. The molecule has 2 rings (SSSR count). The molecule has 114 valence electrons. The molecule has 2 aromatic rings.